The molecule has 0 aliphatic carbocycles. The van der Waals surface area contributed by atoms with Crippen molar-refractivity contribution in [1.82, 2.24) is 4.90 Å². The van der Waals surface area contributed by atoms with Gasteiger partial charge in [-0.25, -0.2) is 0 Å². The first-order chi connectivity index (χ1) is 19.2. The summed E-state index contributed by atoms with van der Waals surface area (Å²) < 4.78 is 12.2. The Bertz CT molecular complexity index is 1150. The van der Waals surface area contributed by atoms with Crippen LogP contribution in [0.2, 0.25) is 5.02 Å². The fourth-order valence-corrected chi connectivity index (χ4v) is 7.72. The van der Waals surface area contributed by atoms with Crippen molar-refractivity contribution in [2.24, 2.45) is 17.8 Å². The molecule has 0 radical (unpaired) electrons. The molecule has 3 unspecified atom stereocenters. The van der Waals surface area contributed by atoms with Gasteiger partial charge >= 0.3 is 5.97 Å². The normalized spacial score (nSPS) is 30.1. The van der Waals surface area contributed by atoms with Gasteiger partial charge in [-0.2, -0.15) is 0 Å². The van der Waals surface area contributed by atoms with E-state index in [0.29, 0.717) is 36.4 Å². The van der Waals surface area contributed by atoms with E-state index in [9.17, 15) is 19.5 Å². The number of ether oxygens (including phenoxy) is 2. The Balaban J connectivity index is 1.81. The number of fused-ring (bicyclic) bond motifs is 1. The molecule has 3 heterocycles. The van der Waals surface area contributed by atoms with Gasteiger partial charge in [0.15, 0.2) is 0 Å². The second-order valence-electron chi connectivity index (χ2n) is 10.8. The average molecular weight is 638 g/mol. The van der Waals surface area contributed by atoms with E-state index >= 15 is 0 Å². The summed E-state index contributed by atoms with van der Waals surface area (Å²) in [5.41, 5.74) is -0.800. The molecule has 0 aromatic heterocycles. The van der Waals surface area contributed by atoms with Crippen molar-refractivity contribution in [3.63, 3.8) is 0 Å². The number of allylic oxidation sites excluding steroid dienone is 1. The molecule has 0 saturated carbocycles. The van der Waals surface area contributed by atoms with Crippen molar-refractivity contribution in [2.45, 2.75) is 68.1 Å². The van der Waals surface area contributed by atoms with E-state index in [0.717, 1.165) is 0 Å². The number of alkyl halides is 1. The third-order valence-electron chi connectivity index (χ3n) is 8.60. The largest absolute Gasteiger partial charge is 0.465 e. The number of hydrogen-bond donors (Lipinski definition) is 1. The molecule has 40 heavy (non-hydrogen) atoms. The number of rotatable bonds is 13. The number of carbonyl (C=O) groups is 3. The number of anilines is 1. The maximum atomic E-state index is 14.7. The summed E-state index contributed by atoms with van der Waals surface area (Å²) in [5.74, 6) is -3.18. The van der Waals surface area contributed by atoms with E-state index in [1.54, 1.807) is 36.4 Å². The van der Waals surface area contributed by atoms with Gasteiger partial charge in [-0.05, 0) is 37.3 Å². The molecule has 3 fully saturated rings. The van der Waals surface area contributed by atoms with Gasteiger partial charge in [0.1, 0.15) is 11.6 Å². The van der Waals surface area contributed by atoms with Crippen LogP contribution in [0.3, 0.4) is 0 Å². The zero-order valence-corrected chi connectivity index (χ0v) is 25.4. The summed E-state index contributed by atoms with van der Waals surface area (Å²) >= 11 is 10.2. The van der Waals surface area contributed by atoms with Crippen LogP contribution in [0.4, 0.5) is 5.69 Å². The van der Waals surface area contributed by atoms with E-state index < -0.39 is 47.5 Å². The molecule has 1 aromatic carbocycles. The van der Waals surface area contributed by atoms with Crippen molar-refractivity contribution < 1.29 is 29.0 Å². The van der Waals surface area contributed by atoms with Gasteiger partial charge in [0.2, 0.25) is 5.91 Å². The van der Waals surface area contributed by atoms with Gasteiger partial charge in [-0.3, -0.25) is 14.4 Å². The number of hydrogen-bond acceptors (Lipinski definition) is 6. The second kappa shape index (κ2) is 12.8. The summed E-state index contributed by atoms with van der Waals surface area (Å²) in [7, 11) is 0. The van der Waals surface area contributed by atoms with E-state index in [1.165, 1.54) is 9.80 Å². The number of likely N-dealkylation sites (tertiary alicyclic amines) is 1. The summed E-state index contributed by atoms with van der Waals surface area (Å²) in [5, 5.41) is 10.9. The summed E-state index contributed by atoms with van der Waals surface area (Å²) in [6.45, 7) is 11.4. The smallest absolute Gasteiger partial charge is 0.312 e. The minimum absolute atomic E-state index is 0.117. The summed E-state index contributed by atoms with van der Waals surface area (Å²) in [4.78, 5) is 45.2. The molecule has 10 heteroatoms. The van der Waals surface area contributed by atoms with Crippen LogP contribution in [-0.4, -0.2) is 76.2 Å². The van der Waals surface area contributed by atoms with Crippen LogP contribution < -0.4 is 4.90 Å². The average Bonchev–Trinajstić information content (AvgIpc) is 3.53. The van der Waals surface area contributed by atoms with Crippen LogP contribution in [-0.2, 0) is 23.9 Å². The number of aliphatic hydroxyl groups excluding tert-OH is 1. The maximum absolute atomic E-state index is 14.7. The minimum atomic E-state index is -1.28. The highest BCUT2D eigenvalue weighted by Crippen LogP contribution is 2.61. The number of nitrogens with zero attached hydrogens (tertiary/aromatic N) is 2. The Hall–Kier alpha value is -2.20. The first-order valence-corrected chi connectivity index (χ1v) is 15.2. The monoisotopic (exact) mass is 636 g/mol. The van der Waals surface area contributed by atoms with Gasteiger partial charge in [-0.15, -0.1) is 13.2 Å². The number of unbranched alkanes of at least 4 members (excludes halogenated alkanes) is 1. The van der Waals surface area contributed by atoms with Crippen LogP contribution in [0, 0.1) is 17.8 Å². The number of para-hydroxylation sites is 1. The molecule has 1 aromatic rings. The fraction of sp³-hybridized carbons (Fsp3) is 0.567. The second-order valence-corrected chi connectivity index (χ2v) is 12.4. The predicted octanol–water partition coefficient (Wildman–Crippen LogP) is 4.52. The molecule has 1 spiro atoms. The molecule has 3 aliphatic rings. The molecule has 8 nitrogen and oxygen atoms in total. The summed E-state index contributed by atoms with van der Waals surface area (Å²) in [6.07, 6.45) is 5.07. The first-order valence-electron chi connectivity index (χ1n) is 13.9. The Labute approximate surface area is 249 Å². The number of amides is 2. The Morgan fingerprint density at radius 3 is 2.70 bits per heavy atom. The SMILES string of the molecule is C=CCCCOC(=O)[C@H]1[C@H]2C(=O)N([C@@H](CO)[C@@H](C)CC)C(C(=O)N(CC=C)c3ccccc3Cl)C23CC(Br)[C@@H]1O3. The lowest BCUT2D eigenvalue weighted by molar-refractivity contribution is -0.156. The van der Waals surface area contributed by atoms with Crippen molar-refractivity contribution in [2.75, 3.05) is 24.7 Å². The van der Waals surface area contributed by atoms with Gasteiger partial charge in [0.25, 0.3) is 5.91 Å². The van der Waals surface area contributed by atoms with E-state index in [-0.39, 0.29) is 36.4 Å². The highest BCUT2D eigenvalue weighted by atomic mass is 79.9. The molecule has 3 aliphatic heterocycles. The zero-order valence-electron chi connectivity index (χ0n) is 23.0. The van der Waals surface area contributed by atoms with Crippen molar-refractivity contribution in [3.05, 3.63) is 54.6 Å². The molecule has 218 valence electrons. The van der Waals surface area contributed by atoms with Gasteiger partial charge < -0.3 is 24.4 Å². The standard InChI is InChI=1S/C30H38BrClN2O6/c1-5-8-11-15-39-29(38)23-24-27(36)34(22(17-35)18(4)7-3)26(30(24)16-19(31)25(23)40-30)28(37)33(14-6-2)21-13-10-9-12-20(21)32/h5-6,9-10,12-13,18-19,22-26,35H,1-2,7-8,11,14-17H2,3-4H3/t18-,19?,22-,23-,24-,25-,26?,30?/m0/s1. The van der Waals surface area contributed by atoms with Crippen LogP contribution >= 0.6 is 27.5 Å². The lowest BCUT2D eigenvalue weighted by Gasteiger charge is -2.41. The topological polar surface area (TPSA) is 96.4 Å². The van der Waals surface area contributed by atoms with Crippen LogP contribution in [0.25, 0.3) is 0 Å². The third-order valence-corrected chi connectivity index (χ3v) is 9.76. The minimum Gasteiger partial charge on any atom is -0.465 e. The fourth-order valence-electron chi connectivity index (χ4n) is 6.54. The number of esters is 1. The molecular weight excluding hydrogens is 600 g/mol. The van der Waals surface area contributed by atoms with Gasteiger partial charge in [0, 0.05) is 11.4 Å². The highest BCUT2D eigenvalue weighted by molar-refractivity contribution is 9.09. The van der Waals surface area contributed by atoms with Gasteiger partial charge in [0.05, 0.1) is 47.9 Å². The number of halogens is 2. The van der Waals surface area contributed by atoms with Crippen molar-refractivity contribution in [1.29, 1.82) is 0 Å². The van der Waals surface area contributed by atoms with E-state index in [4.69, 9.17) is 21.1 Å². The molecule has 1 N–H and O–H groups in total. The van der Waals surface area contributed by atoms with Crippen LogP contribution in [0.15, 0.2) is 49.6 Å². The Kier molecular flexibility index (Phi) is 9.81. The lowest BCUT2D eigenvalue weighted by Crippen LogP contribution is -2.60. The lowest BCUT2D eigenvalue weighted by atomic mass is 9.70. The maximum Gasteiger partial charge on any atom is 0.312 e. The molecule has 3 saturated heterocycles. The van der Waals surface area contributed by atoms with Crippen LogP contribution in [0.5, 0.6) is 0 Å². The Morgan fingerprint density at radius 1 is 1.35 bits per heavy atom. The highest BCUT2D eigenvalue weighted by Gasteiger charge is 2.77. The Morgan fingerprint density at radius 2 is 2.08 bits per heavy atom. The molecule has 8 atom stereocenters. The number of carbonyl (C=O) groups excluding carboxylic acids is 3. The predicted molar refractivity (Wildman–Crippen MR) is 157 cm³/mol. The summed E-state index contributed by atoms with van der Waals surface area (Å²) in [6, 6.07) is 5.25. The van der Waals surface area contributed by atoms with E-state index in [2.05, 4.69) is 29.1 Å². The molecule has 2 amide bonds. The molecule has 2 bridgehead atoms. The first kappa shape index (κ1) is 30.8. The number of aliphatic hydroxyl groups is 1. The zero-order chi connectivity index (χ0) is 29.2. The van der Waals surface area contributed by atoms with Crippen molar-refractivity contribution >= 4 is 51.0 Å². The quantitative estimate of drug-likeness (QED) is 0.148. The molecule has 4 rings (SSSR count). The van der Waals surface area contributed by atoms with Crippen molar-refractivity contribution in [3.8, 4) is 0 Å². The van der Waals surface area contributed by atoms with Gasteiger partial charge in [-0.1, -0.05) is 72.1 Å². The van der Waals surface area contributed by atoms with Crippen LogP contribution in [0.1, 0.15) is 39.5 Å². The molecular formula is C30H38BrClN2O6. The third kappa shape index (κ3) is 5.14. The van der Waals surface area contributed by atoms with E-state index in [1.807, 2.05) is 13.8 Å². The number of benzene rings is 1.